The van der Waals surface area contributed by atoms with Gasteiger partial charge >= 0.3 is 0 Å². The number of anilines is 1. The topological polar surface area (TPSA) is 47.6 Å². The van der Waals surface area contributed by atoms with Crippen molar-refractivity contribution in [2.24, 2.45) is 5.92 Å². The Morgan fingerprint density at radius 2 is 1.79 bits per heavy atom. The number of hydrogen-bond acceptors (Lipinski definition) is 4. The molecule has 0 spiro atoms. The van der Waals surface area contributed by atoms with Crippen molar-refractivity contribution < 1.29 is 4.79 Å². The molecule has 5 nitrogen and oxygen atoms in total. The van der Waals surface area contributed by atoms with Gasteiger partial charge in [0.15, 0.2) is 0 Å². The number of carbonyl (C=O) groups excluding carboxylic acids is 1. The van der Waals surface area contributed by atoms with E-state index in [1.54, 1.807) is 0 Å². The zero-order valence-electron chi connectivity index (χ0n) is 14.5. The van der Waals surface area contributed by atoms with E-state index < -0.39 is 0 Å². The number of benzene rings is 1. The van der Waals surface area contributed by atoms with E-state index >= 15 is 0 Å². The highest BCUT2D eigenvalue weighted by molar-refractivity contribution is 5.78. The van der Waals surface area contributed by atoms with Gasteiger partial charge in [-0.3, -0.25) is 9.69 Å². The van der Waals surface area contributed by atoms with Crippen LogP contribution >= 0.6 is 0 Å². The van der Waals surface area contributed by atoms with E-state index in [0.29, 0.717) is 0 Å². The lowest BCUT2D eigenvalue weighted by atomic mass is 9.97. The summed E-state index contributed by atoms with van der Waals surface area (Å²) in [5.41, 5.74) is 1.33. The van der Waals surface area contributed by atoms with E-state index in [9.17, 15) is 4.79 Å². The third-order valence-corrected chi connectivity index (χ3v) is 5.15. The molecule has 1 aromatic rings. The second kappa shape index (κ2) is 9.04. The van der Waals surface area contributed by atoms with Gasteiger partial charge in [-0.25, -0.2) is 0 Å². The Balaban J connectivity index is 1.29. The van der Waals surface area contributed by atoms with E-state index in [1.165, 1.54) is 5.69 Å². The first-order valence-corrected chi connectivity index (χ1v) is 9.34. The van der Waals surface area contributed by atoms with Gasteiger partial charge in [-0.2, -0.15) is 0 Å². The summed E-state index contributed by atoms with van der Waals surface area (Å²) >= 11 is 0. The van der Waals surface area contributed by atoms with Crippen molar-refractivity contribution in [1.82, 2.24) is 15.5 Å². The van der Waals surface area contributed by atoms with Gasteiger partial charge in [-0.15, -0.1) is 0 Å². The summed E-state index contributed by atoms with van der Waals surface area (Å²) in [6.07, 6.45) is 3.00. The Labute approximate surface area is 145 Å². The van der Waals surface area contributed by atoms with Gasteiger partial charge in [0, 0.05) is 44.3 Å². The van der Waals surface area contributed by atoms with Crippen molar-refractivity contribution in [3.05, 3.63) is 30.3 Å². The Hall–Kier alpha value is -1.59. The third kappa shape index (κ3) is 4.95. The van der Waals surface area contributed by atoms with Gasteiger partial charge in [0.2, 0.25) is 5.91 Å². The van der Waals surface area contributed by atoms with Crippen LogP contribution in [0.25, 0.3) is 0 Å². The van der Waals surface area contributed by atoms with E-state index in [4.69, 9.17) is 0 Å². The minimum atomic E-state index is 0.223. The highest BCUT2D eigenvalue weighted by atomic mass is 16.1. The highest BCUT2D eigenvalue weighted by Gasteiger charge is 2.20. The lowest BCUT2D eigenvalue weighted by molar-refractivity contribution is -0.125. The van der Waals surface area contributed by atoms with Crippen LogP contribution in [0.1, 0.15) is 19.3 Å². The molecule has 132 valence electrons. The van der Waals surface area contributed by atoms with Gasteiger partial charge in [0.1, 0.15) is 0 Å². The predicted octanol–water partition coefficient (Wildman–Crippen LogP) is 1.31. The van der Waals surface area contributed by atoms with Crippen LogP contribution in [0.2, 0.25) is 0 Å². The van der Waals surface area contributed by atoms with Crippen molar-refractivity contribution in [2.75, 3.05) is 57.3 Å². The molecule has 2 aliphatic rings. The normalized spacial score (nSPS) is 20.1. The van der Waals surface area contributed by atoms with E-state index in [-0.39, 0.29) is 11.8 Å². The fourth-order valence-electron chi connectivity index (χ4n) is 3.61. The van der Waals surface area contributed by atoms with Crippen molar-refractivity contribution >= 4 is 11.6 Å². The predicted molar refractivity (Wildman–Crippen MR) is 98.3 cm³/mol. The first-order valence-electron chi connectivity index (χ1n) is 9.34. The maximum absolute atomic E-state index is 12.1. The van der Waals surface area contributed by atoms with Crippen molar-refractivity contribution in [2.45, 2.75) is 19.3 Å². The molecule has 0 unspecified atom stereocenters. The molecule has 0 aliphatic carbocycles. The first-order chi connectivity index (χ1) is 11.8. The molecule has 0 atom stereocenters. The largest absolute Gasteiger partial charge is 0.369 e. The van der Waals surface area contributed by atoms with Crippen LogP contribution in [0.3, 0.4) is 0 Å². The SMILES string of the molecule is O=C(NCCCN1CCN(c2ccccc2)CC1)C1CCNCC1. The van der Waals surface area contributed by atoms with Gasteiger partial charge in [-0.1, -0.05) is 18.2 Å². The van der Waals surface area contributed by atoms with E-state index in [1.807, 2.05) is 0 Å². The molecule has 0 saturated carbocycles. The molecule has 2 saturated heterocycles. The summed E-state index contributed by atoms with van der Waals surface area (Å²) in [7, 11) is 0. The average Bonchev–Trinajstić information content (AvgIpc) is 2.67. The lowest BCUT2D eigenvalue weighted by Gasteiger charge is -2.36. The molecule has 0 aromatic heterocycles. The minimum absolute atomic E-state index is 0.223. The van der Waals surface area contributed by atoms with Crippen LogP contribution in [0.5, 0.6) is 0 Å². The zero-order chi connectivity index (χ0) is 16.6. The van der Waals surface area contributed by atoms with Crippen molar-refractivity contribution in [1.29, 1.82) is 0 Å². The summed E-state index contributed by atoms with van der Waals surface area (Å²) in [6.45, 7) is 8.23. The molecule has 1 amide bonds. The number of piperazine rings is 1. The van der Waals surface area contributed by atoms with Crippen LogP contribution in [-0.4, -0.2) is 63.2 Å². The summed E-state index contributed by atoms with van der Waals surface area (Å²) in [4.78, 5) is 17.1. The van der Waals surface area contributed by atoms with Crippen LogP contribution in [0.4, 0.5) is 5.69 Å². The molecule has 24 heavy (non-hydrogen) atoms. The number of amides is 1. The number of hydrogen-bond donors (Lipinski definition) is 2. The molecule has 2 N–H and O–H groups in total. The van der Waals surface area contributed by atoms with Gasteiger partial charge in [-0.05, 0) is 51.0 Å². The maximum Gasteiger partial charge on any atom is 0.223 e. The maximum atomic E-state index is 12.1. The molecule has 3 rings (SSSR count). The Morgan fingerprint density at radius 1 is 1.08 bits per heavy atom. The number of nitrogens with zero attached hydrogens (tertiary/aromatic N) is 2. The fourth-order valence-corrected chi connectivity index (χ4v) is 3.61. The number of carbonyl (C=O) groups is 1. The highest BCUT2D eigenvalue weighted by Crippen LogP contribution is 2.15. The molecule has 1 aromatic carbocycles. The van der Waals surface area contributed by atoms with Crippen LogP contribution in [0.15, 0.2) is 30.3 Å². The second-order valence-corrected chi connectivity index (χ2v) is 6.83. The molecule has 0 radical (unpaired) electrons. The number of nitrogens with one attached hydrogen (secondary N) is 2. The molecule has 5 heteroatoms. The Kier molecular flexibility index (Phi) is 6.49. The molecule has 2 fully saturated rings. The number of para-hydroxylation sites is 1. The minimum Gasteiger partial charge on any atom is -0.369 e. The van der Waals surface area contributed by atoms with Gasteiger partial charge in [0.25, 0.3) is 0 Å². The monoisotopic (exact) mass is 330 g/mol. The van der Waals surface area contributed by atoms with Crippen molar-refractivity contribution in [3.63, 3.8) is 0 Å². The summed E-state index contributed by atoms with van der Waals surface area (Å²) in [6, 6.07) is 10.6. The van der Waals surface area contributed by atoms with Crippen LogP contribution in [-0.2, 0) is 4.79 Å². The van der Waals surface area contributed by atoms with Crippen LogP contribution in [0, 0.1) is 5.92 Å². The van der Waals surface area contributed by atoms with Gasteiger partial charge in [0.05, 0.1) is 0 Å². The Morgan fingerprint density at radius 3 is 2.50 bits per heavy atom. The zero-order valence-corrected chi connectivity index (χ0v) is 14.5. The smallest absolute Gasteiger partial charge is 0.223 e. The second-order valence-electron chi connectivity index (χ2n) is 6.83. The molecule has 2 heterocycles. The quantitative estimate of drug-likeness (QED) is 0.772. The number of piperidine rings is 1. The fraction of sp³-hybridized carbons (Fsp3) is 0.632. The number of rotatable bonds is 6. The summed E-state index contributed by atoms with van der Waals surface area (Å²) < 4.78 is 0. The van der Waals surface area contributed by atoms with E-state index in [0.717, 1.165) is 71.6 Å². The summed E-state index contributed by atoms with van der Waals surface area (Å²) in [5.74, 6) is 0.478. The Bertz CT molecular complexity index is 493. The summed E-state index contributed by atoms with van der Waals surface area (Å²) in [5, 5.41) is 6.43. The average molecular weight is 330 g/mol. The molecular weight excluding hydrogens is 300 g/mol. The molecular formula is C19H30N4O. The molecule has 0 bridgehead atoms. The van der Waals surface area contributed by atoms with Crippen LogP contribution < -0.4 is 15.5 Å². The first kappa shape index (κ1) is 17.2. The van der Waals surface area contributed by atoms with E-state index in [2.05, 4.69) is 50.8 Å². The van der Waals surface area contributed by atoms with Crippen molar-refractivity contribution in [3.8, 4) is 0 Å². The lowest BCUT2D eigenvalue weighted by Crippen LogP contribution is -2.47. The van der Waals surface area contributed by atoms with Gasteiger partial charge < -0.3 is 15.5 Å². The standard InChI is InChI=1S/C19H30N4O/c24-19(17-7-10-20-11-8-17)21-9-4-12-22-13-15-23(16-14-22)18-5-2-1-3-6-18/h1-3,5-6,17,20H,4,7-16H2,(H,21,24). The molecule has 2 aliphatic heterocycles. The third-order valence-electron chi connectivity index (χ3n) is 5.15.